The maximum atomic E-state index is 13.2. The Balaban J connectivity index is 2.41. The van der Waals surface area contributed by atoms with Crippen LogP contribution in [0.1, 0.15) is 72.0 Å². The van der Waals surface area contributed by atoms with E-state index >= 15 is 0 Å². The third-order valence-corrected chi connectivity index (χ3v) is 5.29. The lowest BCUT2D eigenvalue weighted by atomic mass is 9.87. The first kappa shape index (κ1) is 22.7. The number of hydrogen-bond donors (Lipinski definition) is 1. The highest BCUT2D eigenvalue weighted by molar-refractivity contribution is 6.29. The lowest BCUT2D eigenvalue weighted by Gasteiger charge is -2.43. The van der Waals surface area contributed by atoms with Crippen molar-refractivity contribution >= 4 is 17.7 Å². The van der Waals surface area contributed by atoms with Gasteiger partial charge in [-0.25, -0.2) is 9.78 Å². The van der Waals surface area contributed by atoms with Crippen LogP contribution in [0.15, 0.2) is 30.5 Å². The number of aliphatic hydroxyl groups is 1. The van der Waals surface area contributed by atoms with Crippen molar-refractivity contribution in [2.45, 2.75) is 84.1 Å². The number of nitrogens with zero attached hydrogens (tertiary/aromatic N) is 2. The molecule has 0 radical (unpaired) electrons. The molecule has 0 saturated heterocycles. The summed E-state index contributed by atoms with van der Waals surface area (Å²) in [6, 6.07) is 3.00. The van der Waals surface area contributed by atoms with Gasteiger partial charge in [-0.05, 0) is 52.0 Å². The van der Waals surface area contributed by atoms with Gasteiger partial charge >= 0.3 is 6.09 Å². The molecule has 4 atom stereocenters. The highest BCUT2D eigenvalue weighted by Crippen LogP contribution is 2.33. The van der Waals surface area contributed by atoms with Crippen molar-refractivity contribution in [1.82, 2.24) is 9.88 Å². The fourth-order valence-corrected chi connectivity index (χ4v) is 3.80. The first-order valence-electron chi connectivity index (χ1n) is 10.1. The van der Waals surface area contributed by atoms with E-state index in [-0.39, 0.29) is 18.1 Å². The Kier molecular flexibility index (Phi) is 7.90. The summed E-state index contributed by atoms with van der Waals surface area (Å²) in [5.41, 5.74) is 0.0440. The van der Waals surface area contributed by atoms with Gasteiger partial charge in [-0.15, -0.1) is 0 Å². The van der Waals surface area contributed by atoms with Gasteiger partial charge in [0, 0.05) is 17.8 Å². The topological polar surface area (TPSA) is 62.7 Å². The molecule has 156 valence electrons. The van der Waals surface area contributed by atoms with Crippen LogP contribution in [0.25, 0.3) is 0 Å². The zero-order chi connectivity index (χ0) is 20.9. The molecule has 0 spiro atoms. The molecular weight excluding hydrogens is 376 g/mol. The van der Waals surface area contributed by atoms with Crippen LogP contribution in [0, 0.1) is 5.92 Å². The summed E-state index contributed by atoms with van der Waals surface area (Å²) in [7, 11) is 0. The van der Waals surface area contributed by atoms with Gasteiger partial charge < -0.3 is 9.84 Å². The van der Waals surface area contributed by atoms with Gasteiger partial charge in [-0.3, -0.25) is 4.90 Å². The highest BCUT2D eigenvalue weighted by atomic mass is 35.5. The summed E-state index contributed by atoms with van der Waals surface area (Å²) in [6.07, 6.45) is 7.76. The number of amides is 1. The number of hydrogen-bond acceptors (Lipinski definition) is 4. The smallest absolute Gasteiger partial charge is 0.410 e. The van der Waals surface area contributed by atoms with Crippen molar-refractivity contribution in [3.8, 4) is 0 Å². The fraction of sp³-hybridized carbons (Fsp3) is 0.636. The van der Waals surface area contributed by atoms with Gasteiger partial charge in [0.2, 0.25) is 0 Å². The first-order valence-corrected chi connectivity index (χ1v) is 10.5. The van der Waals surface area contributed by atoms with E-state index < -0.39 is 17.7 Å². The lowest BCUT2D eigenvalue weighted by molar-refractivity contribution is -0.0309. The molecule has 6 heteroatoms. The van der Waals surface area contributed by atoms with E-state index in [1.165, 1.54) is 0 Å². The van der Waals surface area contributed by atoms with E-state index in [2.05, 4.69) is 31.0 Å². The average Bonchev–Trinajstić information content (AvgIpc) is 2.61. The van der Waals surface area contributed by atoms with E-state index in [1.807, 2.05) is 20.8 Å². The second kappa shape index (κ2) is 9.75. The monoisotopic (exact) mass is 408 g/mol. The minimum absolute atomic E-state index is 0.0219. The van der Waals surface area contributed by atoms with Gasteiger partial charge in [0.05, 0.1) is 6.04 Å². The predicted molar refractivity (Wildman–Crippen MR) is 112 cm³/mol. The van der Waals surface area contributed by atoms with Gasteiger partial charge in [-0.2, -0.15) is 0 Å². The largest absolute Gasteiger partial charge is 0.444 e. The zero-order valence-electron chi connectivity index (χ0n) is 17.6. The maximum Gasteiger partial charge on any atom is 0.410 e. The molecule has 28 heavy (non-hydrogen) atoms. The highest BCUT2D eigenvalue weighted by Gasteiger charge is 2.39. The van der Waals surface area contributed by atoms with Crippen molar-refractivity contribution < 1.29 is 14.6 Å². The normalized spacial score (nSPS) is 21.8. The molecule has 0 aromatic carbocycles. The van der Waals surface area contributed by atoms with Crippen molar-refractivity contribution in [3.63, 3.8) is 0 Å². The molecule has 1 heterocycles. The fourth-order valence-electron chi connectivity index (χ4n) is 3.68. The van der Waals surface area contributed by atoms with Crippen LogP contribution in [0.3, 0.4) is 0 Å². The van der Waals surface area contributed by atoms with Crippen molar-refractivity contribution in [3.05, 3.63) is 41.2 Å². The molecule has 0 aliphatic heterocycles. The third-order valence-electron chi connectivity index (χ3n) is 5.07. The van der Waals surface area contributed by atoms with E-state index in [4.69, 9.17) is 16.3 Å². The molecule has 1 aromatic rings. The summed E-state index contributed by atoms with van der Waals surface area (Å²) in [4.78, 5) is 19.1. The number of ether oxygens (including phenoxy) is 1. The standard InChI is InChI=1S/C22H33ClN2O3/c1-6-9-18(20(26)16-12-13-19(23)24-14-16)25(21(27)28-22(3,4)5)17-11-8-7-10-15(17)2/h7-8,12-15,17-18,20,26H,6,9-11H2,1-5H3/t15-,17?,18+,20+/m0/s1. The summed E-state index contributed by atoms with van der Waals surface area (Å²) in [5.74, 6) is 0.285. The Hall–Kier alpha value is -1.59. The van der Waals surface area contributed by atoms with Crippen molar-refractivity contribution in [2.75, 3.05) is 0 Å². The summed E-state index contributed by atoms with van der Waals surface area (Å²) in [5, 5.41) is 11.6. The maximum absolute atomic E-state index is 13.2. The molecule has 1 aromatic heterocycles. The lowest BCUT2D eigenvalue weighted by Crippen LogP contribution is -2.53. The van der Waals surface area contributed by atoms with Crippen LogP contribution in [0.4, 0.5) is 4.79 Å². The summed E-state index contributed by atoms with van der Waals surface area (Å²) in [6.45, 7) is 9.78. The molecule has 1 N–H and O–H groups in total. The van der Waals surface area contributed by atoms with Crippen LogP contribution >= 0.6 is 11.6 Å². The van der Waals surface area contributed by atoms with Crippen LogP contribution in [-0.4, -0.2) is 38.8 Å². The minimum Gasteiger partial charge on any atom is -0.444 e. The summed E-state index contributed by atoms with van der Waals surface area (Å²) >= 11 is 5.90. The van der Waals surface area contributed by atoms with Gasteiger partial charge in [0.1, 0.15) is 16.9 Å². The third kappa shape index (κ3) is 5.95. The van der Waals surface area contributed by atoms with Crippen molar-refractivity contribution in [1.29, 1.82) is 0 Å². The quantitative estimate of drug-likeness (QED) is 0.496. The first-order chi connectivity index (χ1) is 13.1. The van der Waals surface area contributed by atoms with E-state index in [1.54, 1.807) is 23.2 Å². The molecule has 5 nitrogen and oxygen atoms in total. The van der Waals surface area contributed by atoms with Crippen LogP contribution in [-0.2, 0) is 4.74 Å². The van der Waals surface area contributed by atoms with E-state index in [9.17, 15) is 9.90 Å². The Morgan fingerprint density at radius 1 is 1.36 bits per heavy atom. The number of carbonyl (C=O) groups is 1. The Morgan fingerprint density at radius 3 is 2.57 bits per heavy atom. The molecule has 1 aliphatic carbocycles. The van der Waals surface area contributed by atoms with E-state index in [0.29, 0.717) is 17.1 Å². The molecular formula is C22H33ClN2O3. The summed E-state index contributed by atoms with van der Waals surface area (Å²) < 4.78 is 5.75. The Morgan fingerprint density at radius 2 is 2.04 bits per heavy atom. The minimum atomic E-state index is -0.865. The van der Waals surface area contributed by atoms with Crippen molar-refractivity contribution in [2.24, 2.45) is 5.92 Å². The van der Waals surface area contributed by atoms with Crippen LogP contribution in [0.5, 0.6) is 0 Å². The molecule has 1 amide bonds. The molecule has 0 bridgehead atoms. The predicted octanol–water partition coefficient (Wildman–Crippen LogP) is 5.53. The number of carbonyl (C=O) groups excluding carboxylic acids is 1. The van der Waals surface area contributed by atoms with Gasteiger partial charge in [0.15, 0.2) is 0 Å². The van der Waals surface area contributed by atoms with Crippen LogP contribution in [0.2, 0.25) is 5.15 Å². The number of aromatic nitrogens is 1. The molecule has 2 rings (SSSR count). The number of allylic oxidation sites excluding steroid dienone is 1. The second-order valence-electron chi connectivity index (χ2n) is 8.59. The van der Waals surface area contributed by atoms with Crippen LogP contribution < -0.4 is 0 Å². The van der Waals surface area contributed by atoms with Gasteiger partial charge in [-0.1, -0.05) is 50.1 Å². The number of halogens is 1. The Bertz CT molecular complexity index is 669. The number of aliphatic hydroxyl groups excluding tert-OH is 1. The molecule has 0 saturated carbocycles. The SMILES string of the molecule is CCC[C@H]([C@H](O)c1ccc(Cl)nc1)N(C(=O)OC(C)(C)C)C1CC=CC[C@@H]1C. The average molecular weight is 409 g/mol. The molecule has 0 fully saturated rings. The number of rotatable bonds is 6. The zero-order valence-corrected chi connectivity index (χ0v) is 18.3. The second-order valence-corrected chi connectivity index (χ2v) is 8.98. The molecule has 1 aliphatic rings. The Labute approximate surface area is 173 Å². The molecule has 1 unspecified atom stereocenters. The van der Waals surface area contributed by atoms with E-state index in [0.717, 1.165) is 19.3 Å². The number of pyridine rings is 1. The van der Waals surface area contributed by atoms with Gasteiger partial charge in [0.25, 0.3) is 0 Å².